The van der Waals surface area contributed by atoms with E-state index in [1.54, 1.807) is 0 Å². The Morgan fingerprint density at radius 3 is 2.85 bits per heavy atom. The summed E-state index contributed by atoms with van der Waals surface area (Å²) in [6.45, 7) is 6.19. The third-order valence-electron chi connectivity index (χ3n) is 2.86. The lowest BCUT2D eigenvalue weighted by Gasteiger charge is -2.28. The van der Waals surface area contributed by atoms with E-state index in [1.807, 2.05) is 0 Å². The van der Waals surface area contributed by atoms with Crippen molar-refractivity contribution in [2.24, 2.45) is 0 Å². The fourth-order valence-corrected chi connectivity index (χ4v) is 1.72. The zero-order valence-corrected chi connectivity index (χ0v) is 9.36. The summed E-state index contributed by atoms with van der Waals surface area (Å²) in [6.07, 6.45) is 3.86. The molecule has 1 N–H and O–H groups in total. The Balaban J connectivity index is 2.22. The molecule has 0 aromatic rings. The summed E-state index contributed by atoms with van der Waals surface area (Å²) in [7, 11) is 0. The lowest BCUT2D eigenvalue weighted by atomic mass is 10.0. The Kier molecular flexibility index (Phi) is 4.50. The Bertz CT molecular complexity index is 142. The molecule has 0 saturated carbocycles. The van der Waals surface area contributed by atoms with E-state index in [0.717, 1.165) is 19.6 Å². The molecule has 1 rings (SSSR count). The third kappa shape index (κ3) is 3.45. The molecular weight excluding hydrogens is 186 g/mol. The van der Waals surface area contributed by atoms with E-state index < -0.39 is 0 Å². The number of rotatable bonds is 5. The topological polar surface area (TPSA) is 21.3 Å². The van der Waals surface area contributed by atoms with Gasteiger partial charge in [0.25, 0.3) is 0 Å². The second-order valence-corrected chi connectivity index (χ2v) is 4.33. The second-order valence-electron chi connectivity index (χ2n) is 4.06. The molecule has 1 heterocycles. The molecule has 0 radical (unpaired) electrons. The van der Waals surface area contributed by atoms with Crippen LogP contribution < -0.4 is 5.32 Å². The van der Waals surface area contributed by atoms with Crippen LogP contribution in [-0.4, -0.2) is 30.7 Å². The lowest BCUT2D eigenvalue weighted by Crippen LogP contribution is -2.46. The molecule has 13 heavy (non-hydrogen) atoms. The molecule has 0 aromatic heterocycles. The first-order valence-electron chi connectivity index (χ1n) is 5.13. The molecule has 2 atom stereocenters. The van der Waals surface area contributed by atoms with Gasteiger partial charge in [0.2, 0.25) is 0 Å². The maximum atomic E-state index is 5.89. The average Bonchev–Trinajstić information content (AvgIpc) is 2.67. The first-order valence-corrected chi connectivity index (χ1v) is 5.66. The van der Waals surface area contributed by atoms with Crippen LogP contribution >= 0.6 is 11.6 Å². The van der Waals surface area contributed by atoms with Gasteiger partial charge >= 0.3 is 0 Å². The highest BCUT2D eigenvalue weighted by Crippen LogP contribution is 2.15. The predicted molar refractivity (Wildman–Crippen MR) is 56.4 cm³/mol. The molecule has 0 aromatic carbocycles. The molecule has 2 unspecified atom stereocenters. The van der Waals surface area contributed by atoms with Crippen LogP contribution in [0, 0.1) is 0 Å². The minimum atomic E-state index is 0.0769. The zero-order valence-electron chi connectivity index (χ0n) is 8.61. The number of hydrogen-bond acceptors (Lipinski definition) is 2. The second kappa shape index (κ2) is 5.18. The van der Waals surface area contributed by atoms with Gasteiger partial charge < -0.3 is 10.1 Å². The molecule has 1 fully saturated rings. The Morgan fingerprint density at radius 2 is 2.38 bits per heavy atom. The van der Waals surface area contributed by atoms with Crippen LogP contribution in [0.15, 0.2) is 0 Å². The van der Waals surface area contributed by atoms with Gasteiger partial charge in [-0.3, -0.25) is 0 Å². The number of ether oxygens (including phenoxy) is 1. The van der Waals surface area contributed by atoms with E-state index in [1.165, 1.54) is 12.8 Å². The fourth-order valence-electron chi connectivity index (χ4n) is 1.43. The van der Waals surface area contributed by atoms with Gasteiger partial charge in [-0.1, -0.05) is 6.92 Å². The van der Waals surface area contributed by atoms with Gasteiger partial charge in [-0.2, -0.15) is 0 Å². The summed E-state index contributed by atoms with van der Waals surface area (Å²) in [4.78, 5) is 0. The standard InChI is InChI=1S/C10H20ClNO/c1-3-10(2,8-11)12-7-9-5-4-6-13-9/h9,12H,3-8H2,1-2H3. The van der Waals surface area contributed by atoms with E-state index in [2.05, 4.69) is 19.2 Å². The normalized spacial score (nSPS) is 27.5. The molecular formula is C10H20ClNO. The third-order valence-corrected chi connectivity index (χ3v) is 3.45. The molecule has 78 valence electrons. The van der Waals surface area contributed by atoms with Gasteiger partial charge in [0.1, 0.15) is 0 Å². The summed E-state index contributed by atoms with van der Waals surface area (Å²) in [5.41, 5.74) is 0.0769. The van der Waals surface area contributed by atoms with Crippen molar-refractivity contribution in [2.45, 2.75) is 44.8 Å². The molecule has 0 spiro atoms. The van der Waals surface area contributed by atoms with Crippen LogP contribution in [0.5, 0.6) is 0 Å². The van der Waals surface area contributed by atoms with Crippen LogP contribution in [0.1, 0.15) is 33.1 Å². The molecule has 0 bridgehead atoms. The van der Waals surface area contributed by atoms with Gasteiger partial charge in [0.15, 0.2) is 0 Å². The van der Waals surface area contributed by atoms with Crippen LogP contribution in [0.2, 0.25) is 0 Å². The molecule has 0 amide bonds. The zero-order chi connectivity index (χ0) is 9.73. The van der Waals surface area contributed by atoms with Crippen LogP contribution in [0.3, 0.4) is 0 Å². The van der Waals surface area contributed by atoms with E-state index in [0.29, 0.717) is 12.0 Å². The largest absolute Gasteiger partial charge is 0.377 e. The van der Waals surface area contributed by atoms with Crippen molar-refractivity contribution in [3.63, 3.8) is 0 Å². The Labute approximate surface area is 86.0 Å². The summed E-state index contributed by atoms with van der Waals surface area (Å²) in [5, 5.41) is 3.48. The highest BCUT2D eigenvalue weighted by molar-refractivity contribution is 6.18. The molecule has 3 heteroatoms. The summed E-state index contributed by atoms with van der Waals surface area (Å²) in [6, 6.07) is 0. The van der Waals surface area contributed by atoms with Crippen LogP contribution in [-0.2, 0) is 4.74 Å². The smallest absolute Gasteiger partial charge is 0.0700 e. The maximum absolute atomic E-state index is 5.89. The Hall–Kier alpha value is 0.210. The number of hydrogen-bond donors (Lipinski definition) is 1. The van der Waals surface area contributed by atoms with Gasteiger partial charge in [-0.15, -0.1) is 11.6 Å². The monoisotopic (exact) mass is 205 g/mol. The van der Waals surface area contributed by atoms with Crippen molar-refractivity contribution in [3.05, 3.63) is 0 Å². The number of nitrogens with one attached hydrogen (secondary N) is 1. The summed E-state index contributed by atoms with van der Waals surface area (Å²) < 4.78 is 5.53. The minimum absolute atomic E-state index is 0.0769. The van der Waals surface area contributed by atoms with E-state index in [4.69, 9.17) is 16.3 Å². The molecule has 1 aliphatic rings. The van der Waals surface area contributed by atoms with Crippen molar-refractivity contribution in [3.8, 4) is 0 Å². The number of alkyl halides is 1. The van der Waals surface area contributed by atoms with Crippen molar-refractivity contribution in [1.82, 2.24) is 5.32 Å². The van der Waals surface area contributed by atoms with Crippen molar-refractivity contribution >= 4 is 11.6 Å². The fraction of sp³-hybridized carbons (Fsp3) is 1.00. The van der Waals surface area contributed by atoms with Crippen molar-refractivity contribution in [2.75, 3.05) is 19.0 Å². The average molecular weight is 206 g/mol. The van der Waals surface area contributed by atoms with Crippen molar-refractivity contribution in [1.29, 1.82) is 0 Å². The molecule has 0 aliphatic carbocycles. The first kappa shape index (κ1) is 11.3. The Morgan fingerprint density at radius 1 is 1.62 bits per heavy atom. The van der Waals surface area contributed by atoms with Crippen molar-refractivity contribution < 1.29 is 4.74 Å². The SMILES string of the molecule is CCC(C)(CCl)NCC1CCCO1. The van der Waals surface area contributed by atoms with Crippen LogP contribution in [0.25, 0.3) is 0 Å². The molecule has 1 aliphatic heterocycles. The molecule has 1 saturated heterocycles. The van der Waals surface area contributed by atoms with Gasteiger partial charge in [0, 0.05) is 24.6 Å². The van der Waals surface area contributed by atoms with E-state index in [-0.39, 0.29) is 5.54 Å². The quantitative estimate of drug-likeness (QED) is 0.695. The van der Waals surface area contributed by atoms with Gasteiger partial charge in [0.05, 0.1) is 6.10 Å². The maximum Gasteiger partial charge on any atom is 0.0700 e. The highest BCUT2D eigenvalue weighted by atomic mass is 35.5. The van der Waals surface area contributed by atoms with Gasteiger partial charge in [-0.25, -0.2) is 0 Å². The lowest BCUT2D eigenvalue weighted by molar-refractivity contribution is 0.103. The molecule has 2 nitrogen and oxygen atoms in total. The number of halogens is 1. The minimum Gasteiger partial charge on any atom is -0.377 e. The summed E-state index contributed by atoms with van der Waals surface area (Å²) >= 11 is 5.89. The first-order chi connectivity index (χ1) is 6.20. The van der Waals surface area contributed by atoms with Gasteiger partial charge in [-0.05, 0) is 26.2 Å². The van der Waals surface area contributed by atoms with E-state index in [9.17, 15) is 0 Å². The predicted octanol–water partition coefficient (Wildman–Crippen LogP) is 2.16. The van der Waals surface area contributed by atoms with Crippen LogP contribution in [0.4, 0.5) is 0 Å². The highest BCUT2D eigenvalue weighted by Gasteiger charge is 2.23. The summed E-state index contributed by atoms with van der Waals surface area (Å²) in [5.74, 6) is 0.663. The van der Waals surface area contributed by atoms with E-state index >= 15 is 0 Å².